The average Bonchev–Trinajstić information content (AvgIpc) is 2.89. The molecule has 116 valence electrons. The van der Waals surface area contributed by atoms with Crippen LogP contribution in [0.15, 0.2) is 36.5 Å². The summed E-state index contributed by atoms with van der Waals surface area (Å²) in [7, 11) is 0. The normalized spacial score (nSPS) is 10.7. The summed E-state index contributed by atoms with van der Waals surface area (Å²) in [5.41, 5.74) is 6.96. The minimum absolute atomic E-state index is 0.180. The van der Waals surface area contributed by atoms with Crippen LogP contribution in [0.25, 0.3) is 22.8 Å². The number of carbonyl (C=O) groups excluding carboxylic acids is 1. The van der Waals surface area contributed by atoms with Crippen molar-refractivity contribution in [2.75, 3.05) is 0 Å². The quantitative estimate of drug-likeness (QED) is 0.755. The van der Waals surface area contributed by atoms with E-state index in [1.807, 2.05) is 0 Å². The molecule has 3 N–H and O–H groups in total. The molecule has 5 nitrogen and oxygen atoms in total. The number of H-pyrrole nitrogens is 1. The molecule has 23 heavy (non-hydrogen) atoms. The molecule has 0 radical (unpaired) electrons. The number of amides is 1. The van der Waals surface area contributed by atoms with E-state index in [0.717, 1.165) is 6.20 Å². The van der Waals surface area contributed by atoms with Crippen molar-refractivity contribution in [2.45, 2.75) is 0 Å². The molecular formula is C15H9Cl2FN4O. The summed E-state index contributed by atoms with van der Waals surface area (Å²) < 4.78 is 12.9. The second kappa shape index (κ2) is 5.98. The number of nitrogens with zero attached hydrogens (tertiary/aromatic N) is 2. The number of aromatic nitrogens is 3. The molecule has 2 aromatic heterocycles. The van der Waals surface area contributed by atoms with Gasteiger partial charge in [0.25, 0.3) is 0 Å². The van der Waals surface area contributed by atoms with E-state index in [9.17, 15) is 9.18 Å². The topological polar surface area (TPSA) is 84.7 Å². The van der Waals surface area contributed by atoms with E-state index in [2.05, 4.69) is 15.0 Å². The summed E-state index contributed by atoms with van der Waals surface area (Å²) in [6.45, 7) is 0. The summed E-state index contributed by atoms with van der Waals surface area (Å²) in [5, 5.41) is 0.477. The molecule has 0 unspecified atom stereocenters. The van der Waals surface area contributed by atoms with E-state index in [-0.39, 0.29) is 10.7 Å². The van der Waals surface area contributed by atoms with Crippen LogP contribution in [0.5, 0.6) is 0 Å². The SMILES string of the molecule is NC(=O)c1ccc(-c2[nH]c(-c3ccc(F)cn3)nc2Cl)c(Cl)c1. The van der Waals surface area contributed by atoms with Crippen LogP contribution >= 0.6 is 23.2 Å². The maximum Gasteiger partial charge on any atom is 0.248 e. The first-order valence-electron chi connectivity index (χ1n) is 6.43. The van der Waals surface area contributed by atoms with Crippen molar-refractivity contribution < 1.29 is 9.18 Å². The molecule has 2 heterocycles. The van der Waals surface area contributed by atoms with Crippen LogP contribution < -0.4 is 5.73 Å². The molecule has 0 bridgehead atoms. The smallest absolute Gasteiger partial charge is 0.248 e. The number of imidazole rings is 1. The van der Waals surface area contributed by atoms with Gasteiger partial charge in [-0.15, -0.1) is 0 Å². The molecule has 8 heteroatoms. The Morgan fingerprint density at radius 3 is 2.61 bits per heavy atom. The van der Waals surface area contributed by atoms with Gasteiger partial charge in [-0.3, -0.25) is 4.79 Å². The molecule has 1 amide bonds. The number of halogens is 3. The number of aromatic amines is 1. The number of primary amides is 1. The zero-order valence-corrected chi connectivity index (χ0v) is 13.0. The van der Waals surface area contributed by atoms with E-state index < -0.39 is 11.7 Å². The fraction of sp³-hybridized carbons (Fsp3) is 0. The first-order valence-corrected chi connectivity index (χ1v) is 7.18. The van der Waals surface area contributed by atoms with Crippen LogP contribution in [0, 0.1) is 5.82 Å². The lowest BCUT2D eigenvalue weighted by Gasteiger charge is -2.04. The fourth-order valence-corrected chi connectivity index (χ4v) is 2.55. The number of pyridine rings is 1. The van der Waals surface area contributed by atoms with E-state index in [0.29, 0.717) is 27.8 Å². The Balaban J connectivity index is 2.04. The van der Waals surface area contributed by atoms with Crippen molar-refractivity contribution in [1.29, 1.82) is 0 Å². The minimum Gasteiger partial charge on any atom is -0.366 e. The lowest BCUT2D eigenvalue weighted by Crippen LogP contribution is -2.10. The van der Waals surface area contributed by atoms with E-state index in [1.54, 1.807) is 6.07 Å². The molecule has 0 spiro atoms. The van der Waals surface area contributed by atoms with Crippen molar-refractivity contribution in [3.63, 3.8) is 0 Å². The zero-order valence-electron chi connectivity index (χ0n) is 11.5. The van der Waals surface area contributed by atoms with Gasteiger partial charge in [-0.2, -0.15) is 0 Å². The van der Waals surface area contributed by atoms with Gasteiger partial charge >= 0.3 is 0 Å². The van der Waals surface area contributed by atoms with Gasteiger partial charge in [0.1, 0.15) is 11.5 Å². The first-order chi connectivity index (χ1) is 11.0. The maximum atomic E-state index is 12.9. The highest BCUT2D eigenvalue weighted by molar-refractivity contribution is 6.36. The van der Waals surface area contributed by atoms with Crippen molar-refractivity contribution in [1.82, 2.24) is 15.0 Å². The number of hydrogen-bond donors (Lipinski definition) is 2. The molecule has 0 fully saturated rings. The Labute approximate surface area is 140 Å². The van der Waals surface area contributed by atoms with Gasteiger partial charge in [0, 0.05) is 11.1 Å². The second-order valence-corrected chi connectivity index (χ2v) is 5.44. The molecule has 0 saturated heterocycles. The molecule has 0 aliphatic carbocycles. The van der Waals surface area contributed by atoms with E-state index in [4.69, 9.17) is 28.9 Å². The Kier molecular flexibility index (Phi) is 4.02. The lowest BCUT2D eigenvalue weighted by molar-refractivity contribution is 0.100. The molecular weight excluding hydrogens is 342 g/mol. The highest BCUT2D eigenvalue weighted by atomic mass is 35.5. The molecule has 3 aromatic rings. The van der Waals surface area contributed by atoms with Crippen LogP contribution in [0.2, 0.25) is 10.2 Å². The van der Waals surface area contributed by atoms with Crippen LogP contribution in [0.3, 0.4) is 0 Å². The minimum atomic E-state index is -0.578. The zero-order chi connectivity index (χ0) is 16.6. The van der Waals surface area contributed by atoms with Gasteiger partial charge in [0.2, 0.25) is 5.91 Å². The number of benzene rings is 1. The summed E-state index contributed by atoms with van der Waals surface area (Å²) >= 11 is 12.3. The predicted molar refractivity (Wildman–Crippen MR) is 85.8 cm³/mol. The van der Waals surface area contributed by atoms with Crippen LogP contribution in [0.1, 0.15) is 10.4 Å². The van der Waals surface area contributed by atoms with Crippen LogP contribution in [-0.2, 0) is 0 Å². The number of rotatable bonds is 3. The van der Waals surface area contributed by atoms with Gasteiger partial charge in [0.05, 0.1) is 16.9 Å². The average molecular weight is 351 g/mol. The van der Waals surface area contributed by atoms with Crippen molar-refractivity contribution in [3.05, 3.63) is 58.1 Å². The van der Waals surface area contributed by atoms with Gasteiger partial charge in [0.15, 0.2) is 11.0 Å². The monoisotopic (exact) mass is 350 g/mol. The summed E-state index contributed by atoms with van der Waals surface area (Å²) in [6.07, 6.45) is 1.08. The third kappa shape index (κ3) is 3.04. The molecule has 0 aliphatic rings. The van der Waals surface area contributed by atoms with Gasteiger partial charge in [-0.25, -0.2) is 14.4 Å². The number of carbonyl (C=O) groups is 1. The second-order valence-electron chi connectivity index (χ2n) is 4.67. The Hall–Kier alpha value is -2.44. The molecule has 0 saturated carbocycles. The molecule has 3 rings (SSSR count). The molecule has 1 aromatic carbocycles. The summed E-state index contributed by atoms with van der Waals surface area (Å²) in [5.74, 6) is -0.651. The standard InChI is InChI=1S/C15H9Cl2FN4O/c16-10-5-7(14(19)23)1-3-9(10)12-13(17)22-15(21-12)11-4-2-8(18)6-20-11/h1-6H,(H2,19,23)(H,21,22). The highest BCUT2D eigenvalue weighted by Crippen LogP contribution is 2.33. The first kappa shape index (κ1) is 15.5. The van der Waals surface area contributed by atoms with Gasteiger partial charge < -0.3 is 10.7 Å². The number of hydrogen-bond acceptors (Lipinski definition) is 3. The Bertz CT molecular complexity index is 893. The molecule has 0 atom stereocenters. The Morgan fingerprint density at radius 1 is 1.22 bits per heavy atom. The predicted octanol–water partition coefficient (Wildman–Crippen LogP) is 3.68. The van der Waals surface area contributed by atoms with E-state index in [1.165, 1.54) is 24.3 Å². The lowest BCUT2D eigenvalue weighted by atomic mass is 10.1. The summed E-state index contributed by atoms with van der Waals surface area (Å²) in [4.78, 5) is 22.3. The van der Waals surface area contributed by atoms with Crippen LogP contribution in [-0.4, -0.2) is 20.9 Å². The largest absolute Gasteiger partial charge is 0.366 e. The van der Waals surface area contributed by atoms with Gasteiger partial charge in [-0.05, 0) is 24.3 Å². The van der Waals surface area contributed by atoms with E-state index >= 15 is 0 Å². The third-order valence-electron chi connectivity index (χ3n) is 3.15. The number of nitrogens with one attached hydrogen (secondary N) is 1. The van der Waals surface area contributed by atoms with Crippen molar-refractivity contribution in [2.24, 2.45) is 5.73 Å². The fourth-order valence-electron chi connectivity index (χ4n) is 2.04. The third-order valence-corrected chi connectivity index (χ3v) is 3.74. The van der Waals surface area contributed by atoms with Crippen molar-refractivity contribution >= 4 is 29.1 Å². The van der Waals surface area contributed by atoms with Crippen molar-refractivity contribution in [3.8, 4) is 22.8 Å². The van der Waals surface area contributed by atoms with Gasteiger partial charge in [-0.1, -0.05) is 29.3 Å². The molecule has 0 aliphatic heterocycles. The van der Waals surface area contributed by atoms with Crippen LogP contribution in [0.4, 0.5) is 4.39 Å². The maximum absolute atomic E-state index is 12.9. The highest BCUT2D eigenvalue weighted by Gasteiger charge is 2.16. The summed E-state index contributed by atoms with van der Waals surface area (Å²) in [6, 6.07) is 7.35. The number of nitrogens with two attached hydrogens (primary N) is 1. The Morgan fingerprint density at radius 2 is 2.00 bits per heavy atom.